The van der Waals surface area contributed by atoms with Gasteiger partial charge in [-0.1, -0.05) is 54.6 Å². The maximum Gasteiger partial charge on any atom is 0.864 e. The number of rotatable bonds is 15. The van der Waals surface area contributed by atoms with Gasteiger partial charge in [0.25, 0.3) is 0 Å². The zero-order valence-electron chi connectivity index (χ0n) is 62.8. The highest BCUT2D eigenvalue weighted by molar-refractivity contribution is 6.41. The van der Waals surface area contributed by atoms with Crippen LogP contribution in [-0.4, -0.2) is 22.6 Å². The summed E-state index contributed by atoms with van der Waals surface area (Å²) in [6.45, 7) is 0. The van der Waals surface area contributed by atoms with Crippen molar-refractivity contribution in [3.8, 4) is 135 Å². The molecular weight excluding hydrogens is 1970 g/mol. The fraction of sp³-hybridized carbons (Fsp3) is 0. The van der Waals surface area contributed by atoms with Gasteiger partial charge in [0.05, 0.1) is 50.1 Å². The molecule has 0 unspecified atom stereocenters. The Kier molecular flexibility index (Phi) is 23.5. The first kappa shape index (κ1) is 95.4. The van der Waals surface area contributed by atoms with E-state index < -0.39 is 436 Å². The van der Waals surface area contributed by atoms with Crippen LogP contribution in [0, 0.1) is 262 Å². The van der Waals surface area contributed by atoms with Gasteiger partial charge in [0.1, 0.15) is 0 Å². The molecule has 15 rings (SSSR count). The van der Waals surface area contributed by atoms with Crippen molar-refractivity contribution in [2.75, 3.05) is 0 Å². The van der Waals surface area contributed by atoms with Crippen LogP contribution >= 0.6 is 0 Å². The van der Waals surface area contributed by atoms with Gasteiger partial charge in [0.2, 0.25) is 52.4 Å². The van der Waals surface area contributed by atoms with E-state index in [4.69, 9.17) is 14.0 Å². The van der Waals surface area contributed by atoms with Crippen molar-refractivity contribution in [3.63, 3.8) is 0 Å². The molecule has 0 aliphatic rings. The van der Waals surface area contributed by atoms with Crippen molar-refractivity contribution in [1.29, 1.82) is 0 Å². The number of fused-ring (bicyclic) bond motifs is 3. The predicted molar refractivity (Wildman–Crippen MR) is 372 cm³/mol. The summed E-state index contributed by atoms with van der Waals surface area (Å²) in [7, 11) is -5.12. The minimum atomic E-state index is -5.12. The van der Waals surface area contributed by atoms with E-state index in [9.17, 15) is 15.3 Å². The second-order valence-electron chi connectivity index (χ2n) is 27.6. The largest absolute Gasteiger partial charge is 0.864 e. The maximum atomic E-state index is 17.2. The summed E-state index contributed by atoms with van der Waals surface area (Å²) in [5, 5.41) is 23.7. The number of halogens is 45. The summed E-state index contributed by atoms with van der Waals surface area (Å²) in [4.78, 5) is 0. The van der Waals surface area contributed by atoms with E-state index in [1.807, 2.05) is 0 Å². The fourth-order valence-electron chi connectivity index (χ4n) is 14.8. The quantitative estimate of drug-likeness (QED) is 0.0410. The number of phenols is 3. The lowest BCUT2D eigenvalue weighted by Gasteiger charge is -2.28. The van der Waals surface area contributed by atoms with Crippen LogP contribution in [0.25, 0.3) is 132 Å². The van der Waals surface area contributed by atoms with E-state index >= 15 is 198 Å². The molecule has 0 radical (unpaired) electrons. The zero-order chi connectivity index (χ0) is 100. The van der Waals surface area contributed by atoms with Crippen molar-refractivity contribution in [1.82, 2.24) is 0 Å². The standard InChI is InChI=1S/C84H12BF45O6/c86-34-19(35(87)53(105)70(122)52(34)104)10-4-1-7-13-16(10)22(28-40(92)58(110)73(125)59(111)41(28)93)25(31-46(98)64(116)76(128)65(117)47(31)99)79(131)82(13)134-85(135-83-14-8-2-5-11(20-36(88)54(106)71(123)55(107)37(20)89)17(14)23(29-42(94)60(112)74(126)61(113)43(29)95)26(80(83)132)32-48(100)66(118)77(129)67(119)49(32)101)136-84-15-9-3-6-12(21-38(90)56(108)72(124)57(109)39(21)91)18(15)24(30-44(96)62(114)75(127)63(115)45(30)97)27(81(84)133)33-50(102)68(120)78(130)69(121)51(33)103/h1-9,131-133H. The first-order valence-electron chi connectivity index (χ1n) is 35.2. The fourth-order valence-corrected chi connectivity index (χ4v) is 14.8. The van der Waals surface area contributed by atoms with Gasteiger partial charge in [-0.25, -0.2) is 198 Å². The Morgan fingerprint density at radius 1 is 0.140 bits per heavy atom. The van der Waals surface area contributed by atoms with E-state index in [-0.39, 0.29) is 54.6 Å². The zero-order valence-corrected chi connectivity index (χ0v) is 62.8. The van der Waals surface area contributed by atoms with Crippen molar-refractivity contribution in [2.45, 2.75) is 0 Å². The molecule has 0 atom stereocenters. The third-order valence-electron chi connectivity index (χ3n) is 20.6. The average molecular weight is 1980 g/mol. The van der Waals surface area contributed by atoms with E-state index in [1.165, 1.54) is 0 Å². The summed E-state index contributed by atoms with van der Waals surface area (Å²) >= 11 is 0. The molecule has 702 valence electrons. The molecule has 15 aromatic carbocycles. The van der Waals surface area contributed by atoms with Crippen LogP contribution in [0.4, 0.5) is 198 Å². The monoisotopic (exact) mass is 1980 g/mol. The second-order valence-corrected chi connectivity index (χ2v) is 27.6. The van der Waals surface area contributed by atoms with E-state index in [2.05, 4.69) is 0 Å². The molecule has 0 spiro atoms. The molecule has 0 aliphatic carbocycles. The Morgan fingerprint density at radius 2 is 0.257 bits per heavy atom. The molecule has 52 heteroatoms. The molecule has 0 amide bonds. The van der Waals surface area contributed by atoms with Gasteiger partial charge in [-0.2, -0.15) is 0 Å². The summed E-state index contributed by atoms with van der Waals surface area (Å²) in [5.41, 5.74) is -54.6. The van der Waals surface area contributed by atoms with Gasteiger partial charge in [0.15, 0.2) is 244 Å². The lowest BCUT2D eigenvalue weighted by Crippen LogP contribution is -2.37. The Balaban J connectivity index is 1.26. The summed E-state index contributed by atoms with van der Waals surface area (Å²) < 4.78 is 749. The number of hydrogen-bond donors (Lipinski definition) is 3. The van der Waals surface area contributed by atoms with Crippen LogP contribution in [0.5, 0.6) is 34.5 Å². The molecular formula is C84H12BF45O6. The van der Waals surface area contributed by atoms with Gasteiger partial charge in [-0.3, -0.25) is 0 Å². The van der Waals surface area contributed by atoms with Crippen LogP contribution in [0.2, 0.25) is 0 Å². The van der Waals surface area contributed by atoms with Crippen molar-refractivity contribution >= 4 is 39.6 Å². The first-order valence-corrected chi connectivity index (χ1v) is 35.2. The normalized spacial score (nSPS) is 11.8. The highest BCUT2D eigenvalue weighted by Gasteiger charge is 2.48. The number of benzene rings is 15. The topological polar surface area (TPSA) is 88.4 Å². The average Bonchev–Trinajstić information content (AvgIpc) is 0.708. The smallest absolute Gasteiger partial charge is 0.504 e. The van der Waals surface area contributed by atoms with Gasteiger partial charge in [-0.15, -0.1) is 0 Å². The highest BCUT2D eigenvalue weighted by atomic mass is 19.2. The molecule has 3 N–H and O–H groups in total. The molecule has 0 heterocycles. The second kappa shape index (κ2) is 33.5. The number of phenolic OH excluding ortho intramolecular Hbond substituents is 3. The van der Waals surface area contributed by atoms with Crippen LogP contribution < -0.4 is 14.0 Å². The summed E-state index contributed by atoms with van der Waals surface area (Å²) in [6.07, 6.45) is 0. The number of aromatic hydroxyl groups is 3. The summed E-state index contributed by atoms with van der Waals surface area (Å²) in [6, 6.07) is -2.27. The van der Waals surface area contributed by atoms with Gasteiger partial charge in [-0.05, 0) is 16.7 Å². The molecule has 6 nitrogen and oxygen atoms in total. The third-order valence-corrected chi connectivity index (χ3v) is 20.6. The third kappa shape index (κ3) is 13.4. The molecule has 0 bridgehead atoms. The van der Waals surface area contributed by atoms with Gasteiger partial charge < -0.3 is 29.3 Å². The minimum Gasteiger partial charge on any atom is -0.504 e. The molecule has 0 aromatic heterocycles. The first-order chi connectivity index (χ1) is 63.6. The van der Waals surface area contributed by atoms with Crippen LogP contribution in [0.15, 0.2) is 54.6 Å². The Labute approximate surface area is 715 Å². The summed E-state index contributed by atoms with van der Waals surface area (Å²) in [5.74, 6) is -178. The Hall–Kier alpha value is -15.2. The molecule has 136 heavy (non-hydrogen) atoms. The Morgan fingerprint density at radius 3 is 0.397 bits per heavy atom. The van der Waals surface area contributed by atoms with Crippen LogP contribution in [0.3, 0.4) is 0 Å². The Bertz CT molecular complexity index is 7010. The van der Waals surface area contributed by atoms with Crippen molar-refractivity contribution in [2.24, 2.45) is 0 Å². The molecule has 0 saturated heterocycles. The molecule has 0 saturated carbocycles. The van der Waals surface area contributed by atoms with Gasteiger partial charge >= 0.3 is 7.32 Å². The predicted octanol–water partition coefficient (Wildman–Crippen LogP) is 28.0. The van der Waals surface area contributed by atoms with Crippen molar-refractivity contribution < 1.29 is 227 Å². The van der Waals surface area contributed by atoms with Crippen LogP contribution in [-0.2, 0) is 0 Å². The number of hydrogen-bond acceptors (Lipinski definition) is 6. The molecule has 0 fully saturated rings. The lowest BCUT2D eigenvalue weighted by molar-refractivity contribution is 0.291. The molecule has 0 aliphatic heterocycles. The van der Waals surface area contributed by atoms with E-state index in [0.29, 0.717) is 0 Å². The van der Waals surface area contributed by atoms with Crippen molar-refractivity contribution in [3.05, 3.63) is 316 Å². The minimum absolute atomic E-state index is 0.136. The van der Waals surface area contributed by atoms with E-state index in [0.717, 1.165) is 0 Å². The highest BCUT2D eigenvalue weighted by Crippen LogP contribution is 2.62. The van der Waals surface area contributed by atoms with E-state index in [1.54, 1.807) is 0 Å². The lowest BCUT2D eigenvalue weighted by atomic mass is 9.83. The van der Waals surface area contributed by atoms with Crippen LogP contribution in [0.1, 0.15) is 0 Å². The SMILES string of the molecule is Oc1c(-c2c(F)c(F)c(F)c(F)c2F)c(-c2c(F)c(F)c(F)c(F)c2F)c2c(-c3c(F)c(F)c(F)c(F)c3F)cccc2c1OB(Oc1c(O)c(-c2c(F)c(F)c(F)c(F)c2F)c(-c2c(F)c(F)c(F)c(F)c2F)c2c(-c3c(F)c(F)c(F)c(F)c3F)cccc12)Oc1c(O)c(-c2c(F)c(F)c(F)c(F)c2F)c(-c2c(F)c(F)c(F)c(F)c2F)c2c(-c3c(F)c(F)c(F)c(F)c3F)cccc12. The molecule has 15 aromatic rings. The maximum absolute atomic E-state index is 17.2. The van der Waals surface area contributed by atoms with Gasteiger partial charge in [0, 0.05) is 65.7 Å².